The smallest absolute Gasteiger partial charge is 0.0934 e. The molecule has 2 heteroatoms. The van der Waals surface area contributed by atoms with Gasteiger partial charge in [0.05, 0.1) is 12.2 Å². The van der Waals surface area contributed by atoms with Crippen LogP contribution < -0.4 is 0 Å². The Morgan fingerprint density at radius 1 is 1.38 bits per heavy atom. The third-order valence-electron chi connectivity index (χ3n) is 3.88. The number of benzene rings is 1. The minimum atomic E-state index is -0.635. The molecule has 0 aliphatic heterocycles. The second kappa shape index (κ2) is 7.61. The van der Waals surface area contributed by atoms with E-state index < -0.39 is 5.60 Å². The monoisotopic (exact) mass is 286 g/mol. The van der Waals surface area contributed by atoms with Crippen molar-refractivity contribution < 1.29 is 9.84 Å². The fraction of sp³-hybridized carbons (Fsp3) is 0.526. The highest BCUT2D eigenvalue weighted by atomic mass is 16.5. The highest BCUT2D eigenvalue weighted by molar-refractivity contribution is 5.16. The van der Waals surface area contributed by atoms with Crippen molar-refractivity contribution in [2.45, 2.75) is 45.3 Å². The van der Waals surface area contributed by atoms with Gasteiger partial charge in [-0.3, -0.25) is 0 Å². The highest BCUT2D eigenvalue weighted by Crippen LogP contribution is 2.46. The Bertz CT molecular complexity index is 486. The SMILES string of the molecule is CC(C)CC=C=CC1(O)CC1CCOCc1ccccc1. The first-order chi connectivity index (χ1) is 10.1. The van der Waals surface area contributed by atoms with E-state index in [0.717, 1.165) is 19.3 Å². The summed E-state index contributed by atoms with van der Waals surface area (Å²) in [6.07, 6.45) is 6.61. The summed E-state index contributed by atoms with van der Waals surface area (Å²) in [7, 11) is 0. The van der Waals surface area contributed by atoms with Crippen molar-refractivity contribution in [2.24, 2.45) is 11.8 Å². The molecular weight excluding hydrogens is 260 g/mol. The molecule has 0 spiro atoms. The lowest BCUT2D eigenvalue weighted by molar-refractivity contribution is 0.104. The third-order valence-corrected chi connectivity index (χ3v) is 3.88. The maximum absolute atomic E-state index is 10.3. The van der Waals surface area contributed by atoms with Crippen LogP contribution in [0.25, 0.3) is 0 Å². The van der Waals surface area contributed by atoms with Crippen molar-refractivity contribution in [2.75, 3.05) is 6.61 Å². The summed E-state index contributed by atoms with van der Waals surface area (Å²) in [5, 5.41) is 10.3. The Balaban J connectivity index is 1.64. The Morgan fingerprint density at radius 3 is 2.86 bits per heavy atom. The summed E-state index contributed by atoms with van der Waals surface area (Å²) in [5.41, 5.74) is 3.68. The summed E-state index contributed by atoms with van der Waals surface area (Å²) < 4.78 is 5.67. The Morgan fingerprint density at radius 2 is 2.14 bits per heavy atom. The van der Waals surface area contributed by atoms with Crippen LogP contribution in [0.15, 0.2) is 48.2 Å². The molecule has 0 heterocycles. The van der Waals surface area contributed by atoms with Crippen LogP contribution in [0.1, 0.15) is 38.7 Å². The van der Waals surface area contributed by atoms with E-state index >= 15 is 0 Å². The molecule has 1 aromatic rings. The lowest BCUT2D eigenvalue weighted by Crippen LogP contribution is -2.08. The molecule has 0 radical (unpaired) electrons. The molecule has 1 aromatic carbocycles. The molecule has 2 unspecified atom stereocenters. The van der Waals surface area contributed by atoms with E-state index in [4.69, 9.17) is 4.74 Å². The summed E-state index contributed by atoms with van der Waals surface area (Å²) in [5.74, 6) is 0.968. The average molecular weight is 286 g/mol. The van der Waals surface area contributed by atoms with Crippen molar-refractivity contribution in [3.05, 3.63) is 53.8 Å². The van der Waals surface area contributed by atoms with Gasteiger partial charge in [-0.25, -0.2) is 0 Å². The van der Waals surface area contributed by atoms with Crippen LogP contribution >= 0.6 is 0 Å². The number of ether oxygens (including phenoxy) is 1. The van der Waals surface area contributed by atoms with Crippen LogP contribution in [0, 0.1) is 11.8 Å². The maximum atomic E-state index is 10.3. The summed E-state index contributed by atoms with van der Waals surface area (Å²) in [6.45, 7) is 5.70. The minimum Gasteiger partial charge on any atom is -0.385 e. The molecule has 21 heavy (non-hydrogen) atoms. The summed E-state index contributed by atoms with van der Waals surface area (Å²) in [6, 6.07) is 10.2. The van der Waals surface area contributed by atoms with Gasteiger partial charge in [0.1, 0.15) is 0 Å². The quantitative estimate of drug-likeness (QED) is 0.576. The molecule has 114 valence electrons. The molecule has 1 aliphatic carbocycles. The van der Waals surface area contributed by atoms with Crippen molar-refractivity contribution in [1.82, 2.24) is 0 Å². The van der Waals surface area contributed by atoms with E-state index in [9.17, 15) is 5.11 Å². The van der Waals surface area contributed by atoms with E-state index in [0.29, 0.717) is 25.0 Å². The number of aliphatic hydroxyl groups is 1. The van der Waals surface area contributed by atoms with Crippen LogP contribution in [-0.2, 0) is 11.3 Å². The molecule has 0 saturated heterocycles. The molecule has 2 nitrogen and oxygen atoms in total. The topological polar surface area (TPSA) is 29.5 Å². The van der Waals surface area contributed by atoms with Gasteiger partial charge in [-0.05, 0) is 48.8 Å². The molecule has 0 bridgehead atoms. The van der Waals surface area contributed by atoms with E-state index in [-0.39, 0.29) is 0 Å². The molecular formula is C19H26O2. The fourth-order valence-electron chi connectivity index (χ4n) is 2.36. The highest BCUT2D eigenvalue weighted by Gasteiger charge is 2.50. The normalized spacial score (nSPS) is 23.7. The van der Waals surface area contributed by atoms with Gasteiger partial charge < -0.3 is 9.84 Å². The third kappa shape index (κ3) is 5.51. The Labute approximate surface area is 128 Å². The first kappa shape index (κ1) is 16.0. The van der Waals surface area contributed by atoms with E-state index in [1.54, 1.807) is 0 Å². The first-order valence-electron chi connectivity index (χ1n) is 7.86. The largest absolute Gasteiger partial charge is 0.385 e. The molecule has 0 aromatic heterocycles. The van der Waals surface area contributed by atoms with Crippen molar-refractivity contribution in [1.29, 1.82) is 0 Å². The molecule has 1 aliphatic rings. The zero-order valence-corrected chi connectivity index (χ0v) is 13.1. The van der Waals surface area contributed by atoms with Gasteiger partial charge >= 0.3 is 0 Å². The molecule has 2 rings (SSSR count). The predicted molar refractivity (Wildman–Crippen MR) is 85.9 cm³/mol. The summed E-state index contributed by atoms with van der Waals surface area (Å²) >= 11 is 0. The number of hydrogen-bond donors (Lipinski definition) is 1. The fourth-order valence-corrected chi connectivity index (χ4v) is 2.36. The van der Waals surface area contributed by atoms with Crippen LogP contribution in [0.2, 0.25) is 0 Å². The van der Waals surface area contributed by atoms with Gasteiger partial charge in [0, 0.05) is 6.61 Å². The van der Waals surface area contributed by atoms with Gasteiger partial charge in [-0.15, -0.1) is 5.73 Å². The number of hydrogen-bond acceptors (Lipinski definition) is 2. The van der Waals surface area contributed by atoms with Gasteiger partial charge in [0.25, 0.3) is 0 Å². The molecule has 1 N–H and O–H groups in total. The van der Waals surface area contributed by atoms with Crippen molar-refractivity contribution in [3.8, 4) is 0 Å². The molecule has 2 atom stereocenters. The van der Waals surface area contributed by atoms with Crippen molar-refractivity contribution in [3.63, 3.8) is 0 Å². The van der Waals surface area contributed by atoms with Crippen LogP contribution in [0.3, 0.4) is 0 Å². The summed E-state index contributed by atoms with van der Waals surface area (Å²) in [4.78, 5) is 0. The lowest BCUT2D eigenvalue weighted by Gasteiger charge is -2.05. The van der Waals surface area contributed by atoms with E-state index in [1.165, 1.54) is 5.56 Å². The zero-order chi connectivity index (χ0) is 15.1. The van der Waals surface area contributed by atoms with E-state index in [1.807, 2.05) is 30.4 Å². The van der Waals surface area contributed by atoms with Gasteiger partial charge in [0.2, 0.25) is 0 Å². The van der Waals surface area contributed by atoms with Crippen LogP contribution in [0.4, 0.5) is 0 Å². The van der Waals surface area contributed by atoms with Crippen molar-refractivity contribution >= 4 is 0 Å². The molecule has 0 amide bonds. The van der Waals surface area contributed by atoms with Gasteiger partial charge in [0.15, 0.2) is 0 Å². The maximum Gasteiger partial charge on any atom is 0.0934 e. The van der Waals surface area contributed by atoms with Crippen LogP contribution in [0.5, 0.6) is 0 Å². The Hall–Kier alpha value is -1.34. The van der Waals surface area contributed by atoms with Crippen LogP contribution in [-0.4, -0.2) is 17.3 Å². The minimum absolute atomic E-state index is 0.327. The second-order valence-electron chi connectivity index (χ2n) is 6.36. The molecule has 1 fully saturated rings. The van der Waals surface area contributed by atoms with E-state index in [2.05, 4.69) is 31.7 Å². The second-order valence-corrected chi connectivity index (χ2v) is 6.36. The molecule has 1 saturated carbocycles. The first-order valence-corrected chi connectivity index (χ1v) is 7.86. The standard InChI is InChI=1S/C19H26O2/c1-16(2)8-6-7-12-19(20)14-18(19)11-13-21-15-17-9-4-3-5-10-17/h3-6,9-10,12,16,18,20H,8,11,13-15H2,1-2H3. The van der Waals surface area contributed by atoms with Gasteiger partial charge in [-0.2, -0.15) is 0 Å². The Kier molecular flexibility index (Phi) is 5.81. The number of rotatable bonds is 8. The lowest BCUT2D eigenvalue weighted by atomic mass is 10.1. The predicted octanol–water partition coefficient (Wildman–Crippen LogP) is 4.10. The zero-order valence-electron chi connectivity index (χ0n) is 13.1. The van der Waals surface area contributed by atoms with Gasteiger partial charge in [-0.1, -0.05) is 44.2 Å². The average Bonchev–Trinajstić information content (AvgIpc) is 3.12.